The van der Waals surface area contributed by atoms with E-state index >= 15 is 0 Å². The maximum atomic E-state index is 13.6. The fraction of sp³-hybridized carbons (Fsp3) is 0.263. The minimum Gasteiger partial charge on any atom is -0.494 e. The average Bonchev–Trinajstić information content (AvgIpc) is 2.60. The quantitative estimate of drug-likeness (QED) is 0.818. The van der Waals surface area contributed by atoms with Crippen LogP contribution in [0, 0.1) is 19.7 Å². The molecule has 0 bridgehead atoms. The fourth-order valence-electron chi connectivity index (χ4n) is 2.17. The highest BCUT2D eigenvalue weighted by molar-refractivity contribution is 5.91. The van der Waals surface area contributed by atoms with Gasteiger partial charge in [0, 0.05) is 6.54 Å². The highest BCUT2D eigenvalue weighted by Crippen LogP contribution is 2.18. The van der Waals surface area contributed by atoms with Crippen molar-refractivity contribution in [3.63, 3.8) is 0 Å². The van der Waals surface area contributed by atoms with Crippen molar-refractivity contribution >= 4 is 11.9 Å². The molecule has 2 aromatic rings. The van der Waals surface area contributed by atoms with Gasteiger partial charge in [0.1, 0.15) is 0 Å². The van der Waals surface area contributed by atoms with Crippen LogP contribution >= 0.6 is 0 Å². The normalized spacial score (nSPS) is 10.2. The van der Waals surface area contributed by atoms with Crippen LogP contribution in [0.4, 0.5) is 4.39 Å². The van der Waals surface area contributed by atoms with E-state index in [0.717, 1.165) is 17.2 Å². The van der Waals surface area contributed by atoms with E-state index in [0.29, 0.717) is 6.54 Å². The van der Waals surface area contributed by atoms with Crippen molar-refractivity contribution in [3.05, 3.63) is 64.5 Å². The summed E-state index contributed by atoms with van der Waals surface area (Å²) in [5.41, 5.74) is 3.29. The number of nitrogens with one attached hydrogen (secondary N) is 1. The number of esters is 1. The van der Waals surface area contributed by atoms with Crippen molar-refractivity contribution in [2.45, 2.75) is 20.4 Å². The fourth-order valence-corrected chi connectivity index (χ4v) is 2.17. The van der Waals surface area contributed by atoms with E-state index in [4.69, 9.17) is 9.47 Å². The van der Waals surface area contributed by atoms with Gasteiger partial charge in [0.2, 0.25) is 0 Å². The third kappa shape index (κ3) is 5.04. The molecule has 25 heavy (non-hydrogen) atoms. The molecule has 132 valence electrons. The second-order valence-electron chi connectivity index (χ2n) is 5.62. The van der Waals surface area contributed by atoms with Crippen LogP contribution < -0.4 is 10.1 Å². The maximum Gasteiger partial charge on any atom is 0.338 e. The van der Waals surface area contributed by atoms with Crippen LogP contribution in [0.25, 0.3) is 0 Å². The average molecular weight is 345 g/mol. The van der Waals surface area contributed by atoms with Gasteiger partial charge in [-0.15, -0.1) is 0 Å². The second-order valence-corrected chi connectivity index (χ2v) is 5.62. The molecule has 0 aliphatic rings. The zero-order valence-electron chi connectivity index (χ0n) is 14.4. The van der Waals surface area contributed by atoms with E-state index in [1.165, 1.54) is 24.8 Å². The number of aryl methyl sites for hydroxylation is 2. The molecular weight excluding hydrogens is 325 g/mol. The topological polar surface area (TPSA) is 64.6 Å². The predicted molar refractivity (Wildman–Crippen MR) is 91.0 cm³/mol. The van der Waals surface area contributed by atoms with Crippen LogP contribution in [-0.2, 0) is 16.1 Å². The van der Waals surface area contributed by atoms with E-state index in [-0.39, 0.29) is 11.3 Å². The lowest BCUT2D eigenvalue weighted by molar-refractivity contribution is -0.124. The molecule has 2 aromatic carbocycles. The number of hydrogen-bond donors (Lipinski definition) is 1. The second kappa shape index (κ2) is 8.28. The summed E-state index contributed by atoms with van der Waals surface area (Å²) in [5.74, 6) is -1.85. The van der Waals surface area contributed by atoms with Crippen LogP contribution in [0.3, 0.4) is 0 Å². The van der Waals surface area contributed by atoms with Crippen molar-refractivity contribution in [2.24, 2.45) is 0 Å². The van der Waals surface area contributed by atoms with E-state index in [1.54, 1.807) is 0 Å². The number of carbonyl (C=O) groups excluding carboxylic acids is 2. The van der Waals surface area contributed by atoms with E-state index in [9.17, 15) is 14.0 Å². The van der Waals surface area contributed by atoms with Gasteiger partial charge in [0.05, 0.1) is 12.7 Å². The zero-order valence-corrected chi connectivity index (χ0v) is 14.4. The predicted octanol–water partition coefficient (Wildman–Crippen LogP) is 2.92. The third-order valence-corrected chi connectivity index (χ3v) is 3.78. The lowest BCUT2D eigenvalue weighted by Gasteiger charge is -2.09. The Morgan fingerprint density at radius 2 is 1.84 bits per heavy atom. The van der Waals surface area contributed by atoms with Gasteiger partial charge in [0.25, 0.3) is 5.91 Å². The summed E-state index contributed by atoms with van der Waals surface area (Å²) in [5, 5.41) is 2.67. The summed E-state index contributed by atoms with van der Waals surface area (Å²) in [6, 6.07) is 9.60. The van der Waals surface area contributed by atoms with Crippen molar-refractivity contribution in [1.82, 2.24) is 5.32 Å². The first-order chi connectivity index (χ1) is 11.9. The number of halogens is 1. The number of amides is 1. The van der Waals surface area contributed by atoms with Crippen molar-refractivity contribution in [2.75, 3.05) is 13.7 Å². The van der Waals surface area contributed by atoms with Gasteiger partial charge in [-0.3, -0.25) is 4.79 Å². The molecule has 0 spiro atoms. The third-order valence-electron chi connectivity index (χ3n) is 3.78. The molecule has 0 atom stereocenters. The summed E-state index contributed by atoms with van der Waals surface area (Å²) in [4.78, 5) is 23.6. The molecule has 0 aliphatic heterocycles. The van der Waals surface area contributed by atoms with Gasteiger partial charge < -0.3 is 14.8 Å². The number of carbonyl (C=O) groups is 2. The Hall–Kier alpha value is -2.89. The standard InChI is InChI=1S/C19H20FNO4/c1-12-4-5-14(8-13(12)2)10-21-18(22)11-25-19(23)15-6-7-17(24-3)16(20)9-15/h4-9H,10-11H2,1-3H3,(H,21,22). The molecule has 5 nitrogen and oxygen atoms in total. The SMILES string of the molecule is COc1ccc(C(=O)OCC(=O)NCc2ccc(C)c(C)c2)cc1F. The Morgan fingerprint density at radius 3 is 2.48 bits per heavy atom. The molecule has 1 amide bonds. The van der Waals surface area contributed by atoms with Gasteiger partial charge in [-0.1, -0.05) is 18.2 Å². The summed E-state index contributed by atoms with van der Waals surface area (Å²) >= 11 is 0. The Morgan fingerprint density at radius 1 is 1.08 bits per heavy atom. The Labute approximate surface area is 145 Å². The maximum absolute atomic E-state index is 13.6. The number of ether oxygens (including phenoxy) is 2. The van der Waals surface area contributed by atoms with Gasteiger partial charge in [-0.25, -0.2) is 9.18 Å². The van der Waals surface area contributed by atoms with Crippen LogP contribution in [0.15, 0.2) is 36.4 Å². The summed E-state index contributed by atoms with van der Waals surface area (Å²) in [6.45, 7) is 3.92. The van der Waals surface area contributed by atoms with E-state index in [1.807, 2.05) is 32.0 Å². The largest absolute Gasteiger partial charge is 0.494 e. The summed E-state index contributed by atoms with van der Waals surface area (Å²) in [7, 11) is 1.33. The lowest BCUT2D eigenvalue weighted by Crippen LogP contribution is -2.28. The molecule has 6 heteroatoms. The van der Waals surface area contributed by atoms with Crippen molar-refractivity contribution < 1.29 is 23.5 Å². The van der Waals surface area contributed by atoms with Crippen LogP contribution in [-0.4, -0.2) is 25.6 Å². The number of rotatable bonds is 6. The molecule has 2 rings (SSSR count). The molecule has 0 saturated heterocycles. The molecular formula is C19H20FNO4. The Bertz CT molecular complexity index is 789. The first-order valence-electron chi connectivity index (χ1n) is 7.74. The molecule has 0 heterocycles. The monoisotopic (exact) mass is 345 g/mol. The molecule has 0 unspecified atom stereocenters. The minimum absolute atomic E-state index is 0.0141. The first kappa shape index (κ1) is 18.4. The van der Waals surface area contributed by atoms with Crippen LogP contribution in [0.5, 0.6) is 5.75 Å². The van der Waals surface area contributed by atoms with Crippen molar-refractivity contribution in [3.8, 4) is 5.75 Å². The lowest BCUT2D eigenvalue weighted by atomic mass is 10.1. The highest BCUT2D eigenvalue weighted by Gasteiger charge is 2.13. The summed E-state index contributed by atoms with van der Waals surface area (Å²) in [6.07, 6.45) is 0. The Balaban J connectivity index is 1.83. The number of benzene rings is 2. The van der Waals surface area contributed by atoms with E-state index < -0.39 is 24.3 Å². The molecule has 0 aliphatic carbocycles. The van der Waals surface area contributed by atoms with E-state index in [2.05, 4.69) is 5.32 Å². The highest BCUT2D eigenvalue weighted by atomic mass is 19.1. The molecule has 0 radical (unpaired) electrons. The first-order valence-corrected chi connectivity index (χ1v) is 7.74. The van der Waals surface area contributed by atoms with Crippen molar-refractivity contribution in [1.29, 1.82) is 0 Å². The molecule has 0 saturated carbocycles. The van der Waals surface area contributed by atoms with Gasteiger partial charge in [-0.2, -0.15) is 0 Å². The van der Waals surface area contributed by atoms with Crippen LogP contribution in [0.1, 0.15) is 27.0 Å². The molecule has 0 fully saturated rings. The zero-order chi connectivity index (χ0) is 18.4. The number of hydrogen-bond acceptors (Lipinski definition) is 4. The Kier molecular flexibility index (Phi) is 6.11. The minimum atomic E-state index is -0.775. The van der Waals surface area contributed by atoms with Gasteiger partial charge in [0.15, 0.2) is 18.2 Å². The molecule has 1 N–H and O–H groups in total. The van der Waals surface area contributed by atoms with Gasteiger partial charge >= 0.3 is 5.97 Å². The molecule has 0 aromatic heterocycles. The number of methoxy groups -OCH3 is 1. The smallest absolute Gasteiger partial charge is 0.338 e. The summed E-state index contributed by atoms with van der Waals surface area (Å²) < 4.78 is 23.2. The van der Waals surface area contributed by atoms with Crippen LogP contribution in [0.2, 0.25) is 0 Å². The van der Waals surface area contributed by atoms with Gasteiger partial charge in [-0.05, 0) is 48.7 Å².